The van der Waals surface area contributed by atoms with E-state index < -0.39 is 0 Å². The number of nitrogens with zero attached hydrogens (tertiary/aromatic N) is 3. The Morgan fingerprint density at radius 1 is 1.15 bits per heavy atom. The minimum atomic E-state index is -0.337. The van der Waals surface area contributed by atoms with E-state index >= 15 is 0 Å². The van der Waals surface area contributed by atoms with Gasteiger partial charge >= 0.3 is 6.03 Å². The van der Waals surface area contributed by atoms with Crippen molar-refractivity contribution in [1.29, 1.82) is 0 Å². The Labute approximate surface area is 199 Å². The summed E-state index contributed by atoms with van der Waals surface area (Å²) in [6.07, 6.45) is 7.37. The van der Waals surface area contributed by atoms with Crippen LogP contribution in [0.25, 0.3) is 10.9 Å². The van der Waals surface area contributed by atoms with Gasteiger partial charge in [0.15, 0.2) is 0 Å². The maximum absolute atomic E-state index is 13.6. The van der Waals surface area contributed by atoms with Crippen LogP contribution in [0.5, 0.6) is 0 Å². The summed E-state index contributed by atoms with van der Waals surface area (Å²) in [4.78, 5) is 34.8. The van der Waals surface area contributed by atoms with Crippen LogP contribution in [0.1, 0.15) is 57.8 Å². The molecule has 1 aromatic heterocycles. The molecule has 1 aliphatic carbocycles. The van der Waals surface area contributed by atoms with E-state index in [1.54, 1.807) is 16.3 Å². The molecule has 1 aliphatic rings. The van der Waals surface area contributed by atoms with Crippen molar-refractivity contribution in [2.45, 2.75) is 69.5 Å². The van der Waals surface area contributed by atoms with Crippen LogP contribution in [0.15, 0.2) is 58.2 Å². The zero-order chi connectivity index (χ0) is 23.4. The van der Waals surface area contributed by atoms with Gasteiger partial charge in [-0.3, -0.25) is 9.36 Å². The lowest BCUT2D eigenvalue weighted by atomic mass is 9.93. The Hall–Kier alpha value is -2.80. The number of nitrogens with one attached hydrogen (secondary N) is 1. The smallest absolute Gasteiger partial charge is 0.312 e. The first-order valence-electron chi connectivity index (χ1n) is 11.8. The molecule has 1 fully saturated rings. The molecule has 6 nitrogen and oxygen atoms in total. The number of carbonyl (C=O) groups excluding carboxylic acids is 1. The molecule has 1 atom stereocenters. The van der Waals surface area contributed by atoms with Gasteiger partial charge in [-0.25, -0.2) is 9.78 Å². The molecule has 4 rings (SSSR count). The Bertz CT molecular complexity index is 1170. The second-order valence-electron chi connectivity index (χ2n) is 8.57. The molecule has 0 aliphatic heterocycles. The quantitative estimate of drug-likeness (QED) is 0.450. The molecule has 1 unspecified atom stereocenters. The number of hydrogen-bond acceptors (Lipinski definition) is 4. The maximum Gasteiger partial charge on any atom is 0.322 e. The first kappa shape index (κ1) is 23.4. The summed E-state index contributed by atoms with van der Waals surface area (Å²) >= 11 is 1.67. The lowest BCUT2D eigenvalue weighted by Gasteiger charge is -2.38. The third-order valence-electron chi connectivity index (χ3n) is 6.54. The van der Waals surface area contributed by atoms with Gasteiger partial charge in [-0.1, -0.05) is 31.4 Å². The van der Waals surface area contributed by atoms with Crippen LogP contribution in [0.4, 0.5) is 10.5 Å². The Morgan fingerprint density at radius 2 is 1.85 bits per heavy atom. The molecule has 0 radical (unpaired) electrons. The molecule has 2 amide bonds. The van der Waals surface area contributed by atoms with Crippen LogP contribution in [-0.2, 0) is 6.54 Å². The number of aromatic nitrogens is 2. The molecule has 7 heteroatoms. The number of amides is 2. The summed E-state index contributed by atoms with van der Waals surface area (Å²) in [5.74, 6) is 0.639. The number of carbonyl (C=O) groups is 1. The summed E-state index contributed by atoms with van der Waals surface area (Å²) in [5.41, 5.74) is 1.39. The van der Waals surface area contributed by atoms with Crippen molar-refractivity contribution in [3.05, 3.63) is 64.7 Å². The van der Waals surface area contributed by atoms with Crippen molar-refractivity contribution < 1.29 is 4.79 Å². The summed E-state index contributed by atoms with van der Waals surface area (Å²) in [5, 5.41) is 3.70. The fourth-order valence-electron chi connectivity index (χ4n) is 4.81. The standard InChI is InChI=1S/C26H32N4O2S/c1-4-29-24(28-23-13-9-8-12-22(23)25(29)31)18(2)30(20-10-6-5-7-11-20)26(32)27-19-14-16-21(33-3)17-15-19/h8-9,12-18,20H,4-7,10-11H2,1-3H3,(H,27,32). The van der Waals surface area contributed by atoms with Crippen molar-refractivity contribution in [3.63, 3.8) is 0 Å². The van der Waals surface area contributed by atoms with E-state index in [4.69, 9.17) is 4.98 Å². The van der Waals surface area contributed by atoms with Gasteiger partial charge in [0.1, 0.15) is 5.82 Å². The first-order valence-corrected chi connectivity index (χ1v) is 13.0. The number of thioether (sulfide) groups is 1. The predicted octanol–water partition coefficient (Wildman–Crippen LogP) is 6.07. The molecule has 0 bridgehead atoms. The van der Waals surface area contributed by atoms with Gasteiger partial charge in [-0.2, -0.15) is 0 Å². The van der Waals surface area contributed by atoms with Crippen LogP contribution >= 0.6 is 11.8 Å². The fourth-order valence-corrected chi connectivity index (χ4v) is 5.22. The molecular formula is C26H32N4O2S. The zero-order valence-corrected chi connectivity index (χ0v) is 20.4. The highest BCUT2D eigenvalue weighted by Crippen LogP contribution is 2.31. The van der Waals surface area contributed by atoms with Crippen molar-refractivity contribution in [2.24, 2.45) is 0 Å². The Balaban J connectivity index is 1.72. The van der Waals surface area contributed by atoms with Crippen molar-refractivity contribution in [3.8, 4) is 0 Å². The molecule has 2 aromatic carbocycles. The number of benzene rings is 2. The second-order valence-corrected chi connectivity index (χ2v) is 9.45. The lowest BCUT2D eigenvalue weighted by molar-refractivity contribution is 0.134. The van der Waals surface area contributed by atoms with Crippen LogP contribution in [0.3, 0.4) is 0 Å². The summed E-state index contributed by atoms with van der Waals surface area (Å²) in [7, 11) is 0. The number of rotatable bonds is 6. The second kappa shape index (κ2) is 10.4. The minimum Gasteiger partial charge on any atom is -0.312 e. The monoisotopic (exact) mass is 464 g/mol. The van der Waals surface area contributed by atoms with Crippen LogP contribution in [-0.4, -0.2) is 32.8 Å². The SMILES string of the molecule is CCn1c(C(C)N(C(=O)Nc2ccc(SC)cc2)C2CCCCC2)nc2ccccc2c1=O. The number of para-hydroxylation sites is 1. The van der Waals surface area contributed by atoms with Crippen LogP contribution in [0, 0.1) is 0 Å². The first-order chi connectivity index (χ1) is 16.0. The molecule has 174 valence electrons. The number of urea groups is 1. The number of fused-ring (bicyclic) bond motifs is 1. The Kier molecular flexibility index (Phi) is 7.38. The molecule has 1 saturated carbocycles. The highest BCUT2D eigenvalue weighted by atomic mass is 32.2. The molecule has 33 heavy (non-hydrogen) atoms. The van der Waals surface area contributed by atoms with Gasteiger partial charge in [0.05, 0.1) is 16.9 Å². The number of hydrogen-bond donors (Lipinski definition) is 1. The third kappa shape index (κ3) is 4.93. The van der Waals surface area contributed by atoms with Crippen molar-refractivity contribution >= 4 is 34.4 Å². The van der Waals surface area contributed by atoms with E-state index in [2.05, 4.69) is 5.32 Å². The highest BCUT2D eigenvalue weighted by Gasteiger charge is 2.33. The topological polar surface area (TPSA) is 67.2 Å². The fraction of sp³-hybridized carbons (Fsp3) is 0.423. The van der Waals surface area contributed by atoms with Crippen molar-refractivity contribution in [2.75, 3.05) is 11.6 Å². The normalized spacial score (nSPS) is 15.4. The molecule has 0 saturated heterocycles. The maximum atomic E-state index is 13.6. The van der Waals surface area contributed by atoms with Gasteiger partial charge in [-0.15, -0.1) is 11.8 Å². The van der Waals surface area contributed by atoms with Crippen LogP contribution in [0.2, 0.25) is 0 Å². The lowest BCUT2D eigenvalue weighted by Crippen LogP contribution is -2.46. The third-order valence-corrected chi connectivity index (χ3v) is 7.29. The summed E-state index contributed by atoms with van der Waals surface area (Å²) < 4.78 is 1.71. The van der Waals surface area contributed by atoms with E-state index in [0.717, 1.165) is 36.3 Å². The average Bonchev–Trinajstić information content (AvgIpc) is 2.85. The van der Waals surface area contributed by atoms with Gasteiger partial charge in [0, 0.05) is 23.2 Å². The molecule has 1 N–H and O–H groups in total. The van der Waals surface area contributed by atoms with E-state index in [0.29, 0.717) is 23.3 Å². The highest BCUT2D eigenvalue weighted by molar-refractivity contribution is 7.98. The summed E-state index contributed by atoms with van der Waals surface area (Å²) in [6, 6.07) is 15.0. The van der Waals surface area contributed by atoms with Gasteiger partial charge in [0.2, 0.25) is 0 Å². The Morgan fingerprint density at radius 3 is 2.52 bits per heavy atom. The number of anilines is 1. The molecule has 0 spiro atoms. The van der Waals surface area contributed by atoms with Gasteiger partial charge in [0.25, 0.3) is 5.56 Å². The van der Waals surface area contributed by atoms with Gasteiger partial charge in [-0.05, 0) is 69.3 Å². The van der Waals surface area contributed by atoms with E-state index in [1.807, 2.05) is 73.5 Å². The minimum absolute atomic E-state index is 0.0541. The van der Waals surface area contributed by atoms with Gasteiger partial charge < -0.3 is 10.2 Å². The largest absolute Gasteiger partial charge is 0.322 e. The van der Waals surface area contributed by atoms with E-state index in [9.17, 15) is 9.59 Å². The molecule has 3 aromatic rings. The van der Waals surface area contributed by atoms with Crippen LogP contribution < -0.4 is 10.9 Å². The zero-order valence-electron chi connectivity index (χ0n) is 19.6. The molecular weight excluding hydrogens is 432 g/mol. The van der Waals surface area contributed by atoms with E-state index in [1.165, 1.54) is 6.42 Å². The van der Waals surface area contributed by atoms with Crippen molar-refractivity contribution in [1.82, 2.24) is 14.5 Å². The predicted molar refractivity (Wildman–Crippen MR) is 136 cm³/mol. The summed E-state index contributed by atoms with van der Waals surface area (Å²) in [6.45, 7) is 4.45. The van der Waals surface area contributed by atoms with E-state index in [-0.39, 0.29) is 23.7 Å². The average molecular weight is 465 g/mol. The molecule has 1 heterocycles.